The fourth-order valence-electron chi connectivity index (χ4n) is 4.55. The molecule has 4 N–H and O–H groups in total. The van der Waals surface area contributed by atoms with E-state index in [-0.39, 0.29) is 0 Å². The highest BCUT2D eigenvalue weighted by molar-refractivity contribution is 5.93. The van der Waals surface area contributed by atoms with Crippen LogP contribution in [0.2, 0.25) is 0 Å². The van der Waals surface area contributed by atoms with Gasteiger partial charge in [-0.15, -0.1) is 0 Å². The normalized spacial score (nSPS) is 14.5. The average Bonchev–Trinajstić information content (AvgIpc) is 3.48. The van der Waals surface area contributed by atoms with E-state index in [0.717, 1.165) is 53.3 Å². The highest BCUT2D eigenvalue weighted by Crippen LogP contribution is 2.27. The lowest BCUT2D eigenvalue weighted by Gasteiger charge is -2.25. The molecular formula is C25H26N6. The molecule has 6 heteroatoms. The zero-order valence-electron chi connectivity index (χ0n) is 17.4. The molecule has 1 fully saturated rings. The summed E-state index contributed by atoms with van der Waals surface area (Å²) < 4.78 is 0. The van der Waals surface area contributed by atoms with E-state index >= 15 is 0 Å². The maximum absolute atomic E-state index is 4.56. The topological polar surface area (TPSA) is 85.2 Å². The maximum atomic E-state index is 4.56. The van der Waals surface area contributed by atoms with Gasteiger partial charge in [0.1, 0.15) is 0 Å². The Labute approximate surface area is 180 Å². The summed E-state index contributed by atoms with van der Waals surface area (Å²) in [7, 11) is 0. The molecule has 0 spiro atoms. The molecule has 3 aromatic heterocycles. The van der Waals surface area contributed by atoms with Gasteiger partial charge in [-0.3, -0.25) is 10.2 Å². The Morgan fingerprint density at radius 3 is 2.84 bits per heavy atom. The second-order valence-electron chi connectivity index (χ2n) is 8.74. The Morgan fingerprint density at radius 1 is 0.968 bits per heavy atom. The molecule has 6 nitrogen and oxygen atoms in total. The standard InChI is InChI=1S/C25H26N6/c1-3-16(4-1)13-26-14-20-11-18-8-7-17(10-24(18)28-20)9-19-12-25(31-29-19)21-5-2-6-23-22(21)15-27-30-23/h2,5-8,10-12,15-16,26,28H,1,3-4,9,13-14H2,(H,27,30)(H,29,31). The van der Waals surface area contributed by atoms with Crippen LogP contribution in [0.5, 0.6) is 0 Å². The lowest BCUT2D eigenvalue weighted by Crippen LogP contribution is -2.26. The fourth-order valence-corrected chi connectivity index (χ4v) is 4.55. The summed E-state index contributed by atoms with van der Waals surface area (Å²) in [5, 5.41) is 20.9. The van der Waals surface area contributed by atoms with Gasteiger partial charge < -0.3 is 10.3 Å². The van der Waals surface area contributed by atoms with Crippen molar-refractivity contribution in [2.75, 3.05) is 6.54 Å². The van der Waals surface area contributed by atoms with Gasteiger partial charge in [0.15, 0.2) is 0 Å². The van der Waals surface area contributed by atoms with Crippen LogP contribution in [0.4, 0.5) is 0 Å². The van der Waals surface area contributed by atoms with E-state index in [1.54, 1.807) is 0 Å². The summed E-state index contributed by atoms with van der Waals surface area (Å²) in [6, 6.07) is 17.2. The van der Waals surface area contributed by atoms with Gasteiger partial charge in [-0.05, 0) is 60.5 Å². The molecule has 0 unspecified atom stereocenters. The van der Waals surface area contributed by atoms with Crippen LogP contribution in [0.3, 0.4) is 0 Å². The minimum Gasteiger partial charge on any atom is -0.357 e. The van der Waals surface area contributed by atoms with Crippen LogP contribution < -0.4 is 5.32 Å². The van der Waals surface area contributed by atoms with Crippen molar-refractivity contribution in [2.24, 2.45) is 5.92 Å². The largest absolute Gasteiger partial charge is 0.357 e. The van der Waals surface area contributed by atoms with Crippen LogP contribution in [0.1, 0.15) is 36.2 Å². The maximum Gasteiger partial charge on any atom is 0.0931 e. The summed E-state index contributed by atoms with van der Waals surface area (Å²) in [5.74, 6) is 0.885. The molecule has 3 heterocycles. The van der Waals surface area contributed by atoms with E-state index in [2.05, 4.69) is 67.1 Å². The molecule has 156 valence electrons. The summed E-state index contributed by atoms with van der Waals surface area (Å²) in [4.78, 5) is 3.58. The van der Waals surface area contributed by atoms with Crippen molar-refractivity contribution in [1.29, 1.82) is 0 Å². The molecular weight excluding hydrogens is 384 g/mol. The lowest BCUT2D eigenvalue weighted by atomic mass is 9.85. The fraction of sp³-hybridized carbons (Fsp3) is 0.280. The third-order valence-electron chi connectivity index (χ3n) is 6.50. The number of rotatable bonds is 7. The molecule has 0 aliphatic heterocycles. The predicted molar refractivity (Wildman–Crippen MR) is 124 cm³/mol. The predicted octanol–water partition coefficient (Wildman–Crippen LogP) is 4.91. The first-order valence-corrected chi connectivity index (χ1v) is 11.1. The van der Waals surface area contributed by atoms with Crippen molar-refractivity contribution in [3.8, 4) is 11.3 Å². The first kappa shape index (κ1) is 18.4. The number of hydrogen-bond donors (Lipinski definition) is 4. The number of hydrogen-bond acceptors (Lipinski definition) is 3. The van der Waals surface area contributed by atoms with Crippen LogP contribution in [-0.4, -0.2) is 31.9 Å². The second kappa shape index (κ2) is 7.71. The van der Waals surface area contributed by atoms with Crippen molar-refractivity contribution in [2.45, 2.75) is 32.2 Å². The zero-order chi connectivity index (χ0) is 20.6. The number of H-pyrrole nitrogens is 3. The number of fused-ring (bicyclic) bond motifs is 2. The van der Waals surface area contributed by atoms with E-state index in [9.17, 15) is 0 Å². The first-order chi connectivity index (χ1) is 15.3. The van der Waals surface area contributed by atoms with Crippen molar-refractivity contribution in [3.05, 3.63) is 71.7 Å². The third kappa shape index (κ3) is 3.64. The number of aromatic amines is 3. The Balaban J connectivity index is 1.17. The molecule has 1 aliphatic carbocycles. The number of benzene rings is 2. The molecule has 0 atom stereocenters. The van der Waals surface area contributed by atoms with Gasteiger partial charge in [0.2, 0.25) is 0 Å². The Hall–Kier alpha value is -3.38. The number of aromatic nitrogens is 5. The van der Waals surface area contributed by atoms with Gasteiger partial charge in [-0.25, -0.2) is 0 Å². The lowest BCUT2D eigenvalue weighted by molar-refractivity contribution is 0.301. The van der Waals surface area contributed by atoms with E-state index in [1.165, 1.54) is 41.4 Å². The smallest absolute Gasteiger partial charge is 0.0931 e. The van der Waals surface area contributed by atoms with Gasteiger partial charge in [-0.1, -0.05) is 30.7 Å². The summed E-state index contributed by atoms with van der Waals surface area (Å²) in [6.45, 7) is 2.04. The highest BCUT2D eigenvalue weighted by atomic mass is 15.1. The van der Waals surface area contributed by atoms with Crippen molar-refractivity contribution < 1.29 is 0 Å². The van der Waals surface area contributed by atoms with Crippen LogP contribution in [0, 0.1) is 5.92 Å². The van der Waals surface area contributed by atoms with Crippen LogP contribution in [-0.2, 0) is 13.0 Å². The molecule has 0 amide bonds. The highest BCUT2D eigenvalue weighted by Gasteiger charge is 2.16. The third-order valence-corrected chi connectivity index (χ3v) is 6.50. The molecule has 31 heavy (non-hydrogen) atoms. The van der Waals surface area contributed by atoms with E-state index in [1.807, 2.05) is 18.3 Å². The first-order valence-electron chi connectivity index (χ1n) is 11.1. The van der Waals surface area contributed by atoms with Gasteiger partial charge >= 0.3 is 0 Å². The second-order valence-corrected chi connectivity index (χ2v) is 8.74. The SMILES string of the molecule is c1cc(-c2cc(Cc3ccc4cc(CNCC5CCC5)[nH]c4c3)[nH]n2)c2cn[nH]c2c1. The average molecular weight is 411 g/mol. The monoisotopic (exact) mass is 410 g/mol. The molecule has 6 rings (SSSR count). The molecule has 1 aliphatic rings. The van der Waals surface area contributed by atoms with E-state index in [0.29, 0.717) is 0 Å². The minimum atomic E-state index is 0.818. The molecule has 5 aromatic rings. The Morgan fingerprint density at radius 2 is 1.94 bits per heavy atom. The molecule has 0 bridgehead atoms. The van der Waals surface area contributed by atoms with Crippen LogP contribution in [0.15, 0.2) is 54.7 Å². The zero-order valence-corrected chi connectivity index (χ0v) is 17.4. The minimum absolute atomic E-state index is 0.818. The summed E-state index contributed by atoms with van der Waals surface area (Å²) in [6.07, 6.45) is 6.85. The van der Waals surface area contributed by atoms with Crippen LogP contribution >= 0.6 is 0 Å². The van der Waals surface area contributed by atoms with Crippen molar-refractivity contribution >= 4 is 21.8 Å². The Kier molecular flexibility index (Phi) is 4.57. The summed E-state index contributed by atoms with van der Waals surface area (Å²) >= 11 is 0. The molecule has 1 saturated carbocycles. The van der Waals surface area contributed by atoms with E-state index in [4.69, 9.17) is 0 Å². The van der Waals surface area contributed by atoms with Gasteiger partial charge in [-0.2, -0.15) is 10.2 Å². The molecule has 2 aromatic carbocycles. The number of nitrogens with one attached hydrogen (secondary N) is 4. The van der Waals surface area contributed by atoms with E-state index < -0.39 is 0 Å². The van der Waals surface area contributed by atoms with Crippen molar-refractivity contribution in [3.63, 3.8) is 0 Å². The molecule has 0 saturated heterocycles. The number of nitrogens with zero attached hydrogens (tertiary/aromatic N) is 2. The van der Waals surface area contributed by atoms with Gasteiger partial charge in [0, 0.05) is 40.8 Å². The van der Waals surface area contributed by atoms with Gasteiger partial charge in [0.25, 0.3) is 0 Å². The van der Waals surface area contributed by atoms with Crippen LogP contribution in [0.25, 0.3) is 33.1 Å². The van der Waals surface area contributed by atoms with Crippen molar-refractivity contribution in [1.82, 2.24) is 30.7 Å². The van der Waals surface area contributed by atoms with Gasteiger partial charge in [0.05, 0.1) is 17.4 Å². The molecule has 0 radical (unpaired) electrons. The quantitative estimate of drug-likeness (QED) is 0.307. The summed E-state index contributed by atoms with van der Waals surface area (Å²) in [5.41, 5.74) is 7.88. The Bertz CT molecular complexity index is 1340.